The zero-order valence-corrected chi connectivity index (χ0v) is 20.3. The molecule has 10 nitrogen and oxygen atoms in total. The number of benzene rings is 1. The number of hydrogen-bond donors (Lipinski definition) is 3. The van der Waals surface area contributed by atoms with E-state index in [2.05, 4.69) is 5.32 Å². The number of halogens is 2. The molecule has 1 aromatic rings. The quantitative estimate of drug-likeness (QED) is 0.424. The first-order valence-electron chi connectivity index (χ1n) is 11.9. The number of rotatable bonds is 3. The highest BCUT2D eigenvalue weighted by Gasteiger charge is 2.37. The smallest absolute Gasteiger partial charge is 0.320 e. The van der Waals surface area contributed by atoms with E-state index in [0.29, 0.717) is 64.2 Å². The second-order valence-electron chi connectivity index (χ2n) is 9.23. The lowest BCUT2D eigenvalue weighted by molar-refractivity contribution is -0.136. The van der Waals surface area contributed by atoms with Gasteiger partial charge in [0.25, 0.3) is 0 Å². The van der Waals surface area contributed by atoms with Crippen molar-refractivity contribution in [2.24, 2.45) is 11.7 Å². The van der Waals surface area contributed by atoms with Crippen LogP contribution in [0, 0.1) is 17.1 Å². The molecule has 0 aromatic heterocycles. The Bertz CT molecular complexity index is 1000. The topological polar surface area (TPSA) is 126 Å². The maximum absolute atomic E-state index is 13.7. The van der Waals surface area contributed by atoms with Gasteiger partial charge in [0.2, 0.25) is 11.8 Å². The van der Waals surface area contributed by atoms with E-state index in [9.17, 15) is 18.8 Å². The molecule has 2 atom stereocenters. The molecule has 4 amide bonds. The fourth-order valence-corrected chi connectivity index (χ4v) is 5.14. The number of nitrogens with two attached hydrogens (primary N) is 1. The van der Waals surface area contributed by atoms with Crippen molar-refractivity contribution < 1.29 is 18.8 Å². The van der Waals surface area contributed by atoms with Crippen LogP contribution in [0.3, 0.4) is 0 Å². The van der Waals surface area contributed by atoms with Gasteiger partial charge in [0, 0.05) is 51.5 Å². The number of guanidine groups is 1. The third kappa shape index (κ3) is 5.61. The Kier molecular flexibility index (Phi) is 7.63. The molecular weight excluding hydrogens is 477 g/mol. The van der Waals surface area contributed by atoms with Crippen LogP contribution >= 0.6 is 11.6 Å². The fraction of sp³-hybridized carbons (Fsp3) is 0.565. The largest absolute Gasteiger partial charge is 0.370 e. The molecule has 0 aliphatic carbocycles. The van der Waals surface area contributed by atoms with Crippen molar-refractivity contribution in [2.45, 2.75) is 31.7 Å². The molecular formula is C23H31ClFN7O3. The van der Waals surface area contributed by atoms with Crippen molar-refractivity contribution >= 4 is 41.1 Å². The lowest BCUT2D eigenvalue weighted by atomic mass is 9.97. The summed E-state index contributed by atoms with van der Waals surface area (Å²) in [5.74, 6) is -1.39. The summed E-state index contributed by atoms with van der Waals surface area (Å²) < 4.78 is 13.7. The van der Waals surface area contributed by atoms with Crippen molar-refractivity contribution in [2.75, 3.05) is 51.1 Å². The van der Waals surface area contributed by atoms with Crippen molar-refractivity contribution in [3.05, 3.63) is 29.0 Å². The van der Waals surface area contributed by atoms with Gasteiger partial charge in [-0.2, -0.15) is 0 Å². The number of carbonyl (C=O) groups excluding carboxylic acids is 3. The van der Waals surface area contributed by atoms with E-state index in [1.807, 2.05) is 0 Å². The lowest BCUT2D eigenvalue weighted by Gasteiger charge is -2.40. The maximum Gasteiger partial charge on any atom is 0.320 e. The van der Waals surface area contributed by atoms with Gasteiger partial charge in [0.1, 0.15) is 11.9 Å². The SMILES string of the molecule is N=C(N)N1CCC[C@H]1C(=O)N1CCN(C(=O)N2CCC[C@H](C(=O)Nc3ccc(Cl)c(F)c3)C2)CC1. The highest BCUT2D eigenvalue weighted by atomic mass is 35.5. The van der Waals surface area contributed by atoms with E-state index in [1.165, 1.54) is 18.2 Å². The van der Waals surface area contributed by atoms with Gasteiger partial charge in [-0.15, -0.1) is 0 Å². The van der Waals surface area contributed by atoms with Gasteiger partial charge in [-0.3, -0.25) is 15.0 Å². The van der Waals surface area contributed by atoms with Gasteiger partial charge in [0.15, 0.2) is 5.96 Å². The van der Waals surface area contributed by atoms with E-state index in [1.54, 1.807) is 19.6 Å². The molecule has 35 heavy (non-hydrogen) atoms. The van der Waals surface area contributed by atoms with Gasteiger partial charge < -0.3 is 30.7 Å². The summed E-state index contributed by atoms with van der Waals surface area (Å²) in [6, 6.07) is 3.56. The first-order valence-corrected chi connectivity index (χ1v) is 12.3. The normalized spacial score (nSPS) is 22.8. The minimum absolute atomic E-state index is 0.0151. The second-order valence-corrected chi connectivity index (χ2v) is 9.64. The number of piperazine rings is 1. The van der Waals surface area contributed by atoms with Crippen LogP contribution < -0.4 is 11.1 Å². The third-order valence-electron chi connectivity index (χ3n) is 6.96. The molecule has 3 fully saturated rings. The number of piperidine rings is 1. The minimum atomic E-state index is -0.607. The summed E-state index contributed by atoms with van der Waals surface area (Å²) in [5, 5.41) is 10.4. The Morgan fingerprint density at radius 3 is 2.37 bits per heavy atom. The van der Waals surface area contributed by atoms with Crippen molar-refractivity contribution in [3.8, 4) is 0 Å². The molecule has 4 rings (SSSR count). The molecule has 0 bridgehead atoms. The van der Waals surface area contributed by atoms with Crippen LogP contribution in [0.2, 0.25) is 5.02 Å². The Hall–Kier alpha value is -3.08. The summed E-state index contributed by atoms with van der Waals surface area (Å²) in [6.45, 7) is 3.13. The predicted molar refractivity (Wildman–Crippen MR) is 130 cm³/mol. The van der Waals surface area contributed by atoms with Gasteiger partial charge in [-0.25, -0.2) is 9.18 Å². The fourth-order valence-electron chi connectivity index (χ4n) is 5.02. The molecule has 3 heterocycles. The molecule has 190 valence electrons. The Balaban J connectivity index is 1.28. The predicted octanol–water partition coefficient (Wildman–Crippen LogP) is 1.75. The van der Waals surface area contributed by atoms with E-state index in [-0.39, 0.29) is 35.4 Å². The number of nitrogens with one attached hydrogen (secondary N) is 2. The first kappa shape index (κ1) is 25.0. The average Bonchev–Trinajstić information content (AvgIpc) is 3.36. The number of likely N-dealkylation sites (tertiary alicyclic amines) is 2. The number of hydrogen-bond acceptors (Lipinski definition) is 4. The summed E-state index contributed by atoms with van der Waals surface area (Å²) in [5.41, 5.74) is 5.94. The molecule has 4 N–H and O–H groups in total. The molecule has 1 aromatic carbocycles. The molecule has 0 radical (unpaired) electrons. The van der Waals surface area contributed by atoms with Crippen LogP contribution in [0.5, 0.6) is 0 Å². The van der Waals surface area contributed by atoms with Crippen LogP contribution in [0.1, 0.15) is 25.7 Å². The van der Waals surface area contributed by atoms with Crippen LogP contribution in [-0.4, -0.2) is 95.3 Å². The van der Waals surface area contributed by atoms with E-state index in [0.717, 1.165) is 6.42 Å². The molecule has 0 saturated carbocycles. The highest BCUT2D eigenvalue weighted by Crippen LogP contribution is 2.24. The number of nitrogens with zero attached hydrogens (tertiary/aromatic N) is 4. The van der Waals surface area contributed by atoms with E-state index >= 15 is 0 Å². The van der Waals surface area contributed by atoms with Gasteiger partial charge in [-0.05, 0) is 43.9 Å². The molecule has 3 aliphatic rings. The highest BCUT2D eigenvalue weighted by molar-refractivity contribution is 6.30. The molecule has 3 saturated heterocycles. The molecule has 0 unspecified atom stereocenters. The van der Waals surface area contributed by atoms with E-state index in [4.69, 9.17) is 22.7 Å². The number of carbonyl (C=O) groups is 3. The van der Waals surface area contributed by atoms with Crippen molar-refractivity contribution in [1.29, 1.82) is 5.41 Å². The summed E-state index contributed by atoms with van der Waals surface area (Å²) in [6.07, 6.45) is 2.84. The summed E-state index contributed by atoms with van der Waals surface area (Å²) in [4.78, 5) is 45.6. The molecule has 12 heteroatoms. The van der Waals surface area contributed by atoms with Crippen molar-refractivity contribution in [3.63, 3.8) is 0 Å². The number of amides is 4. The standard InChI is InChI=1S/C23H31ClFN7O3/c24-17-6-5-16(13-18(17)25)28-20(33)15-3-1-7-31(14-15)23(35)30-11-9-29(10-12-30)21(34)19-4-2-8-32(19)22(26)27/h5-6,13,15,19H,1-4,7-12,14H2,(H3,26,27)(H,28,33)/t15-,19-/m0/s1. The Morgan fingerprint density at radius 2 is 1.69 bits per heavy atom. The maximum atomic E-state index is 13.7. The van der Waals surface area contributed by atoms with E-state index < -0.39 is 17.8 Å². The van der Waals surface area contributed by atoms with Gasteiger partial charge >= 0.3 is 6.03 Å². The van der Waals surface area contributed by atoms with Crippen LogP contribution in [0.4, 0.5) is 14.9 Å². The van der Waals surface area contributed by atoms with Gasteiger partial charge in [-0.1, -0.05) is 11.6 Å². The van der Waals surface area contributed by atoms with Crippen LogP contribution in [-0.2, 0) is 9.59 Å². The lowest BCUT2D eigenvalue weighted by Crippen LogP contribution is -2.58. The van der Waals surface area contributed by atoms with Crippen molar-refractivity contribution in [1.82, 2.24) is 19.6 Å². The number of urea groups is 1. The van der Waals surface area contributed by atoms with Crippen LogP contribution in [0.25, 0.3) is 0 Å². The minimum Gasteiger partial charge on any atom is -0.370 e. The third-order valence-corrected chi connectivity index (χ3v) is 7.27. The Morgan fingerprint density at radius 1 is 1.00 bits per heavy atom. The second kappa shape index (κ2) is 10.7. The zero-order valence-electron chi connectivity index (χ0n) is 19.5. The van der Waals surface area contributed by atoms with Crippen LogP contribution in [0.15, 0.2) is 18.2 Å². The average molecular weight is 508 g/mol. The zero-order chi connectivity index (χ0) is 25.1. The summed E-state index contributed by atoms with van der Waals surface area (Å²) in [7, 11) is 0. The first-order chi connectivity index (χ1) is 16.7. The number of anilines is 1. The molecule has 0 spiro atoms. The Labute approximate surface area is 208 Å². The monoisotopic (exact) mass is 507 g/mol. The molecule has 3 aliphatic heterocycles. The van der Waals surface area contributed by atoms with Gasteiger partial charge in [0.05, 0.1) is 10.9 Å². The summed E-state index contributed by atoms with van der Waals surface area (Å²) >= 11 is 5.70.